The lowest BCUT2D eigenvalue weighted by Gasteiger charge is -2.30. The van der Waals surface area contributed by atoms with Gasteiger partial charge in [-0.25, -0.2) is 13.4 Å². The second-order valence-corrected chi connectivity index (χ2v) is 12.4. The molecule has 0 radical (unpaired) electrons. The topological polar surface area (TPSA) is 88.6 Å². The van der Waals surface area contributed by atoms with Crippen molar-refractivity contribution in [3.8, 4) is 17.0 Å². The second kappa shape index (κ2) is 9.30. The van der Waals surface area contributed by atoms with Crippen molar-refractivity contribution < 1.29 is 17.9 Å². The number of hydrogen-bond acceptors (Lipinski definition) is 7. The lowest BCUT2D eigenvalue weighted by molar-refractivity contribution is -0.120. The van der Waals surface area contributed by atoms with Gasteiger partial charge < -0.3 is 10.1 Å². The molecule has 1 aliphatic rings. The number of benzene rings is 1. The first-order chi connectivity index (χ1) is 15.3. The van der Waals surface area contributed by atoms with Gasteiger partial charge in [0.15, 0.2) is 5.13 Å². The van der Waals surface area contributed by atoms with E-state index < -0.39 is 15.9 Å². The molecular formula is C22H25N3O4S3. The Kier molecular flexibility index (Phi) is 6.66. The van der Waals surface area contributed by atoms with E-state index in [2.05, 4.69) is 10.3 Å². The molecule has 1 amide bonds. The Morgan fingerprint density at radius 2 is 1.91 bits per heavy atom. The van der Waals surface area contributed by atoms with E-state index in [1.54, 1.807) is 19.2 Å². The highest BCUT2D eigenvalue weighted by molar-refractivity contribution is 7.91. The van der Waals surface area contributed by atoms with Crippen molar-refractivity contribution in [2.24, 2.45) is 5.92 Å². The number of sulfonamides is 1. The van der Waals surface area contributed by atoms with Crippen LogP contribution in [0.4, 0.5) is 5.13 Å². The number of piperidine rings is 1. The van der Waals surface area contributed by atoms with Gasteiger partial charge in [0.2, 0.25) is 5.91 Å². The minimum atomic E-state index is -3.58. The SMILES string of the molecule is COc1ccc(-c2nc(NC(=O)C3CCCN(S(=O)(=O)c4ccc(C)s4)C3)sc2C)cc1. The van der Waals surface area contributed by atoms with Crippen LogP contribution in [0.2, 0.25) is 0 Å². The number of amides is 1. The number of rotatable bonds is 6. The number of aryl methyl sites for hydroxylation is 2. The van der Waals surface area contributed by atoms with Gasteiger partial charge in [0.05, 0.1) is 18.7 Å². The Balaban J connectivity index is 1.46. The van der Waals surface area contributed by atoms with E-state index in [0.717, 1.165) is 26.8 Å². The number of nitrogens with one attached hydrogen (secondary N) is 1. The molecule has 1 atom stereocenters. The fourth-order valence-corrected chi connectivity index (χ4v) is 7.53. The minimum absolute atomic E-state index is 0.181. The van der Waals surface area contributed by atoms with Gasteiger partial charge in [-0.15, -0.1) is 22.7 Å². The fraction of sp³-hybridized carbons (Fsp3) is 0.364. The van der Waals surface area contributed by atoms with Gasteiger partial charge in [-0.05, 0) is 63.1 Å². The maximum absolute atomic E-state index is 13.0. The zero-order valence-corrected chi connectivity index (χ0v) is 20.6. The highest BCUT2D eigenvalue weighted by atomic mass is 32.2. The molecule has 170 valence electrons. The third-order valence-corrected chi connectivity index (χ3v) is 9.67. The van der Waals surface area contributed by atoms with Crippen molar-refractivity contribution in [2.75, 3.05) is 25.5 Å². The van der Waals surface area contributed by atoms with Crippen LogP contribution in [0.25, 0.3) is 11.3 Å². The van der Waals surface area contributed by atoms with Gasteiger partial charge >= 0.3 is 0 Å². The molecule has 7 nitrogen and oxygen atoms in total. The van der Waals surface area contributed by atoms with Crippen molar-refractivity contribution in [1.29, 1.82) is 0 Å². The minimum Gasteiger partial charge on any atom is -0.497 e. The molecule has 4 rings (SSSR count). The zero-order chi connectivity index (χ0) is 22.9. The standard InChI is InChI=1S/C22H25N3O4S3/c1-14-6-11-19(30-14)32(27,28)25-12-4-5-17(13-25)21(26)24-22-23-20(15(2)31-22)16-7-9-18(29-3)10-8-16/h6-11,17H,4-5,12-13H2,1-3H3,(H,23,24,26). The molecule has 10 heteroatoms. The smallest absolute Gasteiger partial charge is 0.252 e. The number of carbonyl (C=O) groups excluding carboxylic acids is 1. The summed E-state index contributed by atoms with van der Waals surface area (Å²) in [5, 5.41) is 3.43. The average molecular weight is 492 g/mol. The summed E-state index contributed by atoms with van der Waals surface area (Å²) in [6, 6.07) is 11.1. The Morgan fingerprint density at radius 3 is 2.56 bits per heavy atom. The summed E-state index contributed by atoms with van der Waals surface area (Å²) in [5.74, 6) is 0.167. The fourth-order valence-electron chi connectivity index (χ4n) is 3.73. The Bertz CT molecular complexity index is 1220. The quantitative estimate of drug-likeness (QED) is 0.547. The van der Waals surface area contributed by atoms with Crippen LogP contribution in [0.5, 0.6) is 5.75 Å². The van der Waals surface area contributed by atoms with Crippen LogP contribution >= 0.6 is 22.7 Å². The van der Waals surface area contributed by atoms with Gasteiger partial charge in [-0.1, -0.05) is 0 Å². The highest BCUT2D eigenvalue weighted by Crippen LogP contribution is 2.33. The second-order valence-electron chi connectivity index (χ2n) is 7.71. The molecular weight excluding hydrogens is 466 g/mol. The first kappa shape index (κ1) is 22.9. The normalized spacial score (nSPS) is 17.3. The lowest BCUT2D eigenvalue weighted by Crippen LogP contribution is -2.43. The number of hydrogen-bond donors (Lipinski definition) is 1. The van der Waals surface area contributed by atoms with Crippen LogP contribution in [-0.2, 0) is 14.8 Å². The number of aromatic nitrogens is 1. The molecule has 1 aromatic carbocycles. The van der Waals surface area contributed by atoms with Gasteiger partial charge in [0, 0.05) is 28.4 Å². The highest BCUT2D eigenvalue weighted by Gasteiger charge is 2.34. The summed E-state index contributed by atoms with van der Waals surface area (Å²) in [6.45, 7) is 4.46. The number of thiazole rings is 1. The van der Waals surface area contributed by atoms with E-state index in [0.29, 0.717) is 28.7 Å². The van der Waals surface area contributed by atoms with Gasteiger partial charge in [0.25, 0.3) is 10.0 Å². The Morgan fingerprint density at radius 1 is 1.16 bits per heavy atom. The molecule has 0 spiro atoms. The monoisotopic (exact) mass is 491 g/mol. The third kappa shape index (κ3) is 4.73. The molecule has 32 heavy (non-hydrogen) atoms. The predicted molar refractivity (Wildman–Crippen MR) is 128 cm³/mol. The van der Waals surface area contributed by atoms with E-state index in [1.807, 2.05) is 38.1 Å². The predicted octanol–water partition coefficient (Wildman–Crippen LogP) is 4.54. The zero-order valence-electron chi connectivity index (χ0n) is 18.1. The molecule has 0 aliphatic carbocycles. The summed E-state index contributed by atoms with van der Waals surface area (Å²) >= 11 is 2.67. The van der Waals surface area contributed by atoms with Crippen LogP contribution < -0.4 is 10.1 Å². The summed E-state index contributed by atoms with van der Waals surface area (Å²) in [6.07, 6.45) is 1.30. The molecule has 3 aromatic rings. The number of anilines is 1. The van der Waals surface area contributed by atoms with E-state index in [9.17, 15) is 13.2 Å². The van der Waals surface area contributed by atoms with E-state index in [4.69, 9.17) is 4.74 Å². The van der Waals surface area contributed by atoms with Crippen molar-refractivity contribution >= 4 is 43.7 Å². The summed E-state index contributed by atoms with van der Waals surface area (Å²) in [5.41, 5.74) is 1.76. The van der Waals surface area contributed by atoms with Gasteiger partial charge in [0.1, 0.15) is 9.96 Å². The van der Waals surface area contributed by atoms with Gasteiger partial charge in [-0.3, -0.25) is 4.79 Å². The molecule has 0 bridgehead atoms. The summed E-state index contributed by atoms with van der Waals surface area (Å²) < 4.78 is 32.9. The van der Waals surface area contributed by atoms with E-state index >= 15 is 0 Å². The van der Waals surface area contributed by atoms with Crippen LogP contribution in [-0.4, -0.2) is 43.8 Å². The number of ether oxygens (including phenoxy) is 1. The van der Waals surface area contributed by atoms with Crippen LogP contribution in [0, 0.1) is 19.8 Å². The average Bonchev–Trinajstić information content (AvgIpc) is 3.39. The summed E-state index contributed by atoms with van der Waals surface area (Å²) in [7, 11) is -1.96. The van der Waals surface area contributed by atoms with Crippen LogP contribution in [0.15, 0.2) is 40.6 Å². The number of methoxy groups -OCH3 is 1. The largest absolute Gasteiger partial charge is 0.497 e. The molecule has 2 aromatic heterocycles. The number of carbonyl (C=O) groups is 1. The van der Waals surface area contributed by atoms with Crippen molar-refractivity contribution in [3.05, 3.63) is 46.2 Å². The molecule has 3 heterocycles. The van der Waals surface area contributed by atoms with Gasteiger partial charge in [-0.2, -0.15) is 4.31 Å². The van der Waals surface area contributed by atoms with E-state index in [-0.39, 0.29) is 12.5 Å². The molecule has 1 unspecified atom stereocenters. The maximum Gasteiger partial charge on any atom is 0.252 e. The summed E-state index contributed by atoms with van der Waals surface area (Å²) in [4.78, 5) is 19.5. The molecule has 1 N–H and O–H groups in total. The number of nitrogens with zero attached hydrogens (tertiary/aromatic N) is 2. The Hall–Kier alpha value is -2.27. The third-order valence-electron chi connectivity index (χ3n) is 5.45. The number of thiophene rings is 1. The van der Waals surface area contributed by atoms with Crippen LogP contribution in [0.3, 0.4) is 0 Å². The molecule has 1 fully saturated rings. The maximum atomic E-state index is 13.0. The van der Waals surface area contributed by atoms with Crippen molar-refractivity contribution in [3.63, 3.8) is 0 Å². The van der Waals surface area contributed by atoms with E-state index in [1.165, 1.54) is 27.0 Å². The van der Waals surface area contributed by atoms with Crippen molar-refractivity contribution in [1.82, 2.24) is 9.29 Å². The molecule has 1 saturated heterocycles. The lowest BCUT2D eigenvalue weighted by atomic mass is 9.99. The first-order valence-corrected chi connectivity index (χ1v) is 13.3. The molecule has 1 aliphatic heterocycles. The molecule has 0 saturated carbocycles. The van der Waals surface area contributed by atoms with Crippen LogP contribution in [0.1, 0.15) is 22.6 Å². The first-order valence-electron chi connectivity index (χ1n) is 10.3. The van der Waals surface area contributed by atoms with Crippen molar-refractivity contribution in [2.45, 2.75) is 30.9 Å². The Labute approximate surface area is 196 Å².